The first-order chi connectivity index (χ1) is 14.9. The van der Waals surface area contributed by atoms with Crippen LogP contribution in [0.5, 0.6) is 0 Å². The van der Waals surface area contributed by atoms with E-state index in [-0.39, 0.29) is 18.4 Å². The van der Waals surface area contributed by atoms with Crippen LogP contribution < -0.4 is 10.6 Å². The number of carbonyl (C=O) groups is 2. The molecule has 31 heavy (non-hydrogen) atoms. The number of rotatable bonds is 22. The Hall–Kier alpha value is -1.14. The molecule has 0 aliphatic rings. The van der Waals surface area contributed by atoms with Gasteiger partial charge in [-0.1, -0.05) is 84.0 Å². The van der Waals surface area contributed by atoms with Gasteiger partial charge in [-0.2, -0.15) is 0 Å². The molecule has 0 saturated heterocycles. The van der Waals surface area contributed by atoms with Crippen LogP contribution in [0.2, 0.25) is 0 Å². The number of hydrogen-bond donors (Lipinski definition) is 3. The highest BCUT2D eigenvalue weighted by molar-refractivity contribution is 5.77. The third-order valence-corrected chi connectivity index (χ3v) is 5.78. The lowest BCUT2D eigenvalue weighted by Crippen LogP contribution is -2.49. The molecule has 0 fully saturated rings. The zero-order valence-corrected chi connectivity index (χ0v) is 20.9. The Morgan fingerprint density at radius 1 is 0.677 bits per heavy atom. The van der Waals surface area contributed by atoms with Gasteiger partial charge in [0.1, 0.15) is 0 Å². The molecule has 3 N–H and O–H groups in total. The number of nitrogens with zero attached hydrogens (tertiary/aromatic N) is 1. The number of aliphatic hydroxyl groups excluding tert-OH is 1. The first-order valence-corrected chi connectivity index (χ1v) is 12.9. The van der Waals surface area contributed by atoms with E-state index in [2.05, 4.69) is 17.6 Å². The van der Waals surface area contributed by atoms with Gasteiger partial charge in [-0.15, -0.1) is 0 Å². The van der Waals surface area contributed by atoms with E-state index < -0.39 is 0 Å². The van der Waals surface area contributed by atoms with Gasteiger partial charge in [-0.3, -0.25) is 9.59 Å². The minimum Gasteiger partial charge on any atom is -0.395 e. The summed E-state index contributed by atoms with van der Waals surface area (Å²) in [5.74, 6) is 0.0968. The van der Waals surface area contributed by atoms with Crippen molar-refractivity contribution in [3.8, 4) is 0 Å². The van der Waals surface area contributed by atoms with E-state index in [1.54, 1.807) is 0 Å². The molecule has 0 radical (unpaired) electrons. The summed E-state index contributed by atoms with van der Waals surface area (Å²) in [5.41, 5.74) is 0. The van der Waals surface area contributed by atoms with Crippen LogP contribution in [-0.2, 0) is 9.59 Å². The molecule has 6 heteroatoms. The van der Waals surface area contributed by atoms with E-state index in [1.807, 2.05) is 14.1 Å². The second-order valence-corrected chi connectivity index (χ2v) is 9.59. The van der Waals surface area contributed by atoms with Gasteiger partial charge < -0.3 is 20.2 Å². The lowest BCUT2D eigenvalue weighted by Gasteiger charge is -2.29. The smallest absolute Gasteiger partial charge is 0.275 e. The molecular formula is C25H52N3O3+. The van der Waals surface area contributed by atoms with E-state index in [0.717, 1.165) is 25.8 Å². The first kappa shape index (κ1) is 29.9. The van der Waals surface area contributed by atoms with Crippen LogP contribution >= 0.6 is 0 Å². The summed E-state index contributed by atoms with van der Waals surface area (Å²) in [6.07, 6.45) is 18.6. The molecular weight excluding hydrogens is 390 g/mol. The normalized spacial score (nSPS) is 11.5. The highest BCUT2D eigenvalue weighted by atomic mass is 16.3. The Morgan fingerprint density at radius 2 is 1.16 bits per heavy atom. The number of aliphatic hydroxyl groups is 1. The fourth-order valence-corrected chi connectivity index (χ4v) is 3.85. The number of nitrogens with one attached hydrogen (secondary N) is 2. The Bertz CT molecular complexity index is 442. The van der Waals surface area contributed by atoms with Crippen molar-refractivity contribution in [1.29, 1.82) is 0 Å². The van der Waals surface area contributed by atoms with Crippen LogP contribution in [0.4, 0.5) is 0 Å². The van der Waals surface area contributed by atoms with Gasteiger partial charge in [-0.05, 0) is 6.42 Å². The molecule has 0 aliphatic carbocycles. The summed E-state index contributed by atoms with van der Waals surface area (Å²) < 4.78 is 0.575. The standard InChI is InChI=1S/C25H51N3O3/c1-4-5-6-7-8-9-10-11-12-13-14-15-16-18-24(30)26-19-17-21-28(2,3)23-25(31)27-20-22-29/h29H,4-23H2,1-3H3,(H-,26,27,30,31)/p+1. The summed E-state index contributed by atoms with van der Waals surface area (Å²) in [5, 5.41) is 14.4. The molecule has 6 nitrogen and oxygen atoms in total. The van der Waals surface area contributed by atoms with Gasteiger partial charge in [-0.25, -0.2) is 0 Å². The van der Waals surface area contributed by atoms with Crippen molar-refractivity contribution in [2.24, 2.45) is 0 Å². The van der Waals surface area contributed by atoms with Gasteiger partial charge in [0.05, 0.1) is 27.2 Å². The van der Waals surface area contributed by atoms with Gasteiger partial charge >= 0.3 is 0 Å². The predicted molar refractivity (Wildman–Crippen MR) is 130 cm³/mol. The lowest BCUT2D eigenvalue weighted by atomic mass is 10.0. The summed E-state index contributed by atoms with van der Waals surface area (Å²) in [6.45, 7) is 4.40. The van der Waals surface area contributed by atoms with Crippen molar-refractivity contribution in [1.82, 2.24) is 10.6 Å². The zero-order valence-electron chi connectivity index (χ0n) is 20.9. The van der Waals surface area contributed by atoms with Crippen LogP contribution in [-0.4, -0.2) is 68.3 Å². The third-order valence-electron chi connectivity index (χ3n) is 5.78. The molecule has 0 rings (SSSR count). The predicted octanol–water partition coefficient (Wildman–Crippen LogP) is 4.16. The number of unbranched alkanes of at least 4 members (excludes halogenated alkanes) is 12. The highest BCUT2D eigenvalue weighted by Gasteiger charge is 2.19. The van der Waals surface area contributed by atoms with E-state index in [4.69, 9.17) is 5.11 Å². The second kappa shape index (κ2) is 20.7. The average Bonchev–Trinajstić information content (AvgIpc) is 2.72. The maximum absolute atomic E-state index is 12.0. The van der Waals surface area contributed by atoms with Crippen LogP contribution in [0.3, 0.4) is 0 Å². The molecule has 0 saturated carbocycles. The minimum absolute atomic E-state index is 0.0372. The Morgan fingerprint density at radius 3 is 1.68 bits per heavy atom. The van der Waals surface area contributed by atoms with Crippen molar-refractivity contribution < 1.29 is 19.2 Å². The van der Waals surface area contributed by atoms with Crippen molar-refractivity contribution in [2.75, 3.05) is 46.9 Å². The Balaban J connectivity index is 3.46. The number of quaternary nitrogens is 1. The number of hydrogen-bond acceptors (Lipinski definition) is 3. The fraction of sp³-hybridized carbons (Fsp3) is 0.920. The summed E-state index contributed by atoms with van der Waals surface area (Å²) in [4.78, 5) is 23.7. The van der Waals surface area contributed by atoms with Gasteiger partial charge in [0.2, 0.25) is 5.91 Å². The molecule has 2 amide bonds. The molecule has 0 aromatic heterocycles. The van der Waals surface area contributed by atoms with Crippen LogP contribution in [0.15, 0.2) is 0 Å². The summed E-state index contributed by atoms with van der Waals surface area (Å²) in [6, 6.07) is 0. The Labute approximate surface area is 192 Å². The quantitative estimate of drug-likeness (QED) is 0.174. The molecule has 0 aliphatic heterocycles. The maximum Gasteiger partial charge on any atom is 0.275 e. The molecule has 0 atom stereocenters. The van der Waals surface area contributed by atoms with Crippen LogP contribution in [0.25, 0.3) is 0 Å². The third kappa shape index (κ3) is 21.9. The van der Waals surface area contributed by atoms with Crippen molar-refractivity contribution in [2.45, 2.75) is 103 Å². The molecule has 184 valence electrons. The summed E-state index contributed by atoms with van der Waals surface area (Å²) in [7, 11) is 4.02. The number of likely N-dealkylation sites (N-methyl/N-ethyl adjacent to an activating group) is 1. The fourth-order valence-electron chi connectivity index (χ4n) is 3.85. The summed E-state index contributed by atoms with van der Waals surface area (Å²) >= 11 is 0. The SMILES string of the molecule is CCCCCCCCCCCCCCCC(=O)NCCC[N+](C)(C)CC(=O)NCCO. The average molecular weight is 443 g/mol. The van der Waals surface area contributed by atoms with Gasteiger partial charge in [0, 0.05) is 25.9 Å². The molecule has 0 aromatic carbocycles. The molecule has 0 bridgehead atoms. The number of carbonyl (C=O) groups excluding carboxylic acids is 2. The van der Waals surface area contributed by atoms with Crippen LogP contribution in [0, 0.1) is 0 Å². The van der Waals surface area contributed by atoms with Gasteiger partial charge in [0.15, 0.2) is 6.54 Å². The maximum atomic E-state index is 12.0. The van der Waals surface area contributed by atoms with E-state index in [1.165, 1.54) is 70.6 Å². The van der Waals surface area contributed by atoms with Crippen molar-refractivity contribution in [3.05, 3.63) is 0 Å². The monoisotopic (exact) mass is 442 g/mol. The topological polar surface area (TPSA) is 78.4 Å². The lowest BCUT2D eigenvalue weighted by molar-refractivity contribution is -0.882. The Kier molecular flexibility index (Phi) is 20.0. The van der Waals surface area contributed by atoms with E-state index in [9.17, 15) is 9.59 Å². The highest BCUT2D eigenvalue weighted by Crippen LogP contribution is 2.12. The van der Waals surface area contributed by atoms with E-state index in [0.29, 0.717) is 30.5 Å². The molecule has 0 spiro atoms. The molecule has 0 aromatic rings. The molecule has 0 unspecified atom stereocenters. The minimum atomic E-state index is -0.0505. The molecule has 0 heterocycles. The van der Waals surface area contributed by atoms with Crippen molar-refractivity contribution in [3.63, 3.8) is 0 Å². The van der Waals surface area contributed by atoms with Gasteiger partial charge in [0.25, 0.3) is 5.91 Å². The second-order valence-electron chi connectivity index (χ2n) is 9.59. The van der Waals surface area contributed by atoms with Crippen molar-refractivity contribution >= 4 is 11.8 Å². The first-order valence-electron chi connectivity index (χ1n) is 12.9. The van der Waals surface area contributed by atoms with Crippen LogP contribution in [0.1, 0.15) is 103 Å². The largest absolute Gasteiger partial charge is 0.395 e. The zero-order chi connectivity index (χ0) is 23.2. The van der Waals surface area contributed by atoms with E-state index >= 15 is 0 Å². The number of amides is 2.